The van der Waals surface area contributed by atoms with Gasteiger partial charge in [0, 0.05) is 5.39 Å². The zero-order chi connectivity index (χ0) is 24.1. The first-order valence-corrected chi connectivity index (χ1v) is 12.3. The summed E-state index contributed by atoms with van der Waals surface area (Å²) in [6.45, 7) is 11.9. The van der Waals surface area contributed by atoms with E-state index in [0.29, 0.717) is 5.76 Å². The van der Waals surface area contributed by atoms with Crippen LogP contribution in [-0.4, -0.2) is 30.7 Å². The predicted octanol–water partition coefficient (Wildman–Crippen LogP) is 6.84. The van der Waals surface area contributed by atoms with Crippen LogP contribution in [0.2, 0.25) is 0 Å². The van der Waals surface area contributed by atoms with E-state index in [0.717, 1.165) is 17.4 Å². The van der Waals surface area contributed by atoms with Gasteiger partial charge >= 0.3 is 6.09 Å². The van der Waals surface area contributed by atoms with Gasteiger partial charge in [0.15, 0.2) is 5.79 Å². The van der Waals surface area contributed by atoms with Crippen molar-refractivity contribution in [3.05, 3.63) is 35.6 Å². The van der Waals surface area contributed by atoms with Gasteiger partial charge in [-0.05, 0) is 71.2 Å². The standard InChI is InChI=1S/C27H41NO5/c1-7-8-9-10-11-12-13-20-14-15-22-21(16-20)17-23(32-22)27(18-30-26(5,6)31-19-27)28-24(29)33-25(2,3)4/h14-17H,7-13,18-19H2,1-6H3,(H,28,29). The molecule has 1 amide bonds. The fourth-order valence-electron chi connectivity index (χ4n) is 4.05. The van der Waals surface area contributed by atoms with Crippen molar-refractivity contribution in [3.63, 3.8) is 0 Å². The van der Waals surface area contributed by atoms with Crippen LogP contribution < -0.4 is 5.32 Å². The lowest BCUT2D eigenvalue weighted by Crippen LogP contribution is -2.59. The zero-order valence-corrected chi connectivity index (χ0v) is 21.2. The smallest absolute Gasteiger partial charge is 0.408 e. The van der Waals surface area contributed by atoms with E-state index in [-0.39, 0.29) is 13.2 Å². The van der Waals surface area contributed by atoms with E-state index < -0.39 is 23.0 Å². The molecule has 1 fully saturated rings. The summed E-state index contributed by atoms with van der Waals surface area (Å²) < 4.78 is 23.6. The van der Waals surface area contributed by atoms with Crippen molar-refractivity contribution in [2.45, 2.75) is 103 Å². The fourth-order valence-corrected chi connectivity index (χ4v) is 4.05. The summed E-state index contributed by atoms with van der Waals surface area (Å²) in [7, 11) is 0. The quantitative estimate of drug-likeness (QED) is 0.416. The van der Waals surface area contributed by atoms with Crippen LogP contribution in [0.3, 0.4) is 0 Å². The number of carbonyl (C=O) groups is 1. The molecule has 0 unspecified atom stereocenters. The maximum absolute atomic E-state index is 12.7. The highest BCUT2D eigenvalue weighted by Crippen LogP contribution is 2.35. The molecule has 33 heavy (non-hydrogen) atoms. The zero-order valence-electron chi connectivity index (χ0n) is 21.2. The number of hydrogen-bond donors (Lipinski definition) is 1. The van der Waals surface area contributed by atoms with Crippen molar-refractivity contribution in [3.8, 4) is 0 Å². The monoisotopic (exact) mass is 459 g/mol. The van der Waals surface area contributed by atoms with Crippen LogP contribution in [0.5, 0.6) is 0 Å². The van der Waals surface area contributed by atoms with E-state index in [4.69, 9.17) is 18.6 Å². The summed E-state index contributed by atoms with van der Waals surface area (Å²) in [4.78, 5) is 12.7. The number of unbranched alkanes of at least 4 members (excludes halogenated alkanes) is 5. The maximum Gasteiger partial charge on any atom is 0.408 e. The number of rotatable bonds is 9. The lowest BCUT2D eigenvalue weighted by atomic mass is 9.96. The molecule has 3 rings (SSSR count). The number of alkyl carbamates (subject to hydrolysis) is 1. The lowest BCUT2D eigenvalue weighted by molar-refractivity contribution is -0.274. The Morgan fingerprint density at radius 3 is 2.36 bits per heavy atom. The number of carbonyl (C=O) groups excluding carboxylic acids is 1. The predicted molar refractivity (Wildman–Crippen MR) is 130 cm³/mol. The molecule has 0 bridgehead atoms. The van der Waals surface area contributed by atoms with E-state index in [9.17, 15) is 4.79 Å². The minimum absolute atomic E-state index is 0.226. The first-order valence-electron chi connectivity index (χ1n) is 12.3. The lowest BCUT2D eigenvalue weighted by Gasteiger charge is -2.42. The molecule has 1 aliphatic heterocycles. The van der Waals surface area contributed by atoms with Crippen LogP contribution in [0.4, 0.5) is 4.79 Å². The van der Waals surface area contributed by atoms with E-state index in [1.54, 1.807) is 0 Å². The Labute approximate surface area is 198 Å². The molecule has 0 atom stereocenters. The Hall–Kier alpha value is -2.05. The van der Waals surface area contributed by atoms with E-state index in [1.165, 1.54) is 44.1 Å². The summed E-state index contributed by atoms with van der Waals surface area (Å²) >= 11 is 0. The first kappa shape index (κ1) is 25.6. The Morgan fingerprint density at radius 2 is 1.70 bits per heavy atom. The number of aryl methyl sites for hydroxylation is 1. The minimum atomic E-state index is -0.962. The van der Waals surface area contributed by atoms with Crippen molar-refractivity contribution in [2.24, 2.45) is 0 Å². The highest BCUT2D eigenvalue weighted by atomic mass is 16.7. The van der Waals surface area contributed by atoms with Gasteiger partial charge < -0.3 is 23.9 Å². The van der Waals surface area contributed by atoms with Gasteiger partial charge in [0.25, 0.3) is 0 Å². The average molecular weight is 460 g/mol. The topological polar surface area (TPSA) is 69.9 Å². The second kappa shape index (κ2) is 10.5. The molecule has 1 aromatic heterocycles. The van der Waals surface area contributed by atoms with Crippen LogP contribution in [0.15, 0.2) is 28.7 Å². The molecule has 1 aromatic carbocycles. The third-order valence-electron chi connectivity index (χ3n) is 5.94. The van der Waals surface area contributed by atoms with Crippen molar-refractivity contribution >= 4 is 17.1 Å². The minimum Gasteiger partial charge on any atom is -0.458 e. The number of fused-ring (bicyclic) bond motifs is 1. The Kier molecular flexibility index (Phi) is 8.12. The van der Waals surface area contributed by atoms with Crippen LogP contribution in [-0.2, 0) is 26.2 Å². The third-order valence-corrected chi connectivity index (χ3v) is 5.94. The van der Waals surface area contributed by atoms with Crippen LogP contribution in [0.1, 0.15) is 91.4 Å². The van der Waals surface area contributed by atoms with Crippen molar-refractivity contribution in [1.82, 2.24) is 5.32 Å². The summed E-state index contributed by atoms with van der Waals surface area (Å²) in [6.07, 6.45) is 8.23. The van der Waals surface area contributed by atoms with Crippen molar-refractivity contribution in [2.75, 3.05) is 13.2 Å². The van der Waals surface area contributed by atoms with Crippen molar-refractivity contribution < 1.29 is 23.4 Å². The van der Waals surface area contributed by atoms with Gasteiger partial charge in [-0.3, -0.25) is 0 Å². The van der Waals surface area contributed by atoms with Gasteiger partial charge in [0.1, 0.15) is 22.5 Å². The van der Waals surface area contributed by atoms with Gasteiger partial charge in [-0.2, -0.15) is 0 Å². The molecule has 1 N–H and O–H groups in total. The molecule has 0 radical (unpaired) electrons. The molecule has 2 heterocycles. The molecule has 184 valence electrons. The summed E-state index contributed by atoms with van der Waals surface area (Å²) in [5.41, 5.74) is 0.514. The van der Waals surface area contributed by atoms with Crippen LogP contribution in [0.25, 0.3) is 11.0 Å². The maximum atomic E-state index is 12.7. The molecular formula is C27H41NO5. The third kappa shape index (κ3) is 7.21. The van der Waals surface area contributed by atoms with Crippen LogP contribution >= 0.6 is 0 Å². The van der Waals surface area contributed by atoms with Gasteiger partial charge in [-0.15, -0.1) is 0 Å². The van der Waals surface area contributed by atoms with E-state index in [2.05, 4.69) is 24.4 Å². The molecule has 0 aliphatic carbocycles. The van der Waals surface area contributed by atoms with Gasteiger partial charge in [-0.25, -0.2) is 4.79 Å². The number of benzene rings is 1. The first-order chi connectivity index (χ1) is 15.5. The highest BCUT2D eigenvalue weighted by molar-refractivity contribution is 5.79. The molecule has 6 heteroatoms. The molecule has 0 spiro atoms. The van der Waals surface area contributed by atoms with Gasteiger partial charge in [0.05, 0.1) is 13.2 Å². The molecule has 1 saturated heterocycles. The molecular weight excluding hydrogens is 418 g/mol. The number of hydrogen-bond acceptors (Lipinski definition) is 5. The Bertz CT molecular complexity index is 914. The van der Waals surface area contributed by atoms with Crippen LogP contribution in [0, 0.1) is 0 Å². The summed E-state index contributed by atoms with van der Waals surface area (Å²) in [6, 6.07) is 8.32. The number of furan rings is 1. The largest absolute Gasteiger partial charge is 0.458 e. The van der Waals surface area contributed by atoms with Gasteiger partial charge in [-0.1, -0.05) is 45.1 Å². The van der Waals surface area contributed by atoms with Crippen molar-refractivity contribution in [1.29, 1.82) is 0 Å². The fraction of sp³-hybridized carbons (Fsp3) is 0.667. The number of nitrogens with one attached hydrogen (secondary N) is 1. The average Bonchev–Trinajstić information content (AvgIpc) is 3.15. The highest BCUT2D eigenvalue weighted by Gasteiger charge is 2.46. The SMILES string of the molecule is CCCCCCCCc1ccc2oc(C3(NC(=O)OC(C)(C)C)COC(C)(C)OC3)cc2c1. The molecule has 6 nitrogen and oxygen atoms in total. The van der Waals surface area contributed by atoms with Gasteiger partial charge in [0.2, 0.25) is 0 Å². The Morgan fingerprint density at radius 1 is 1.03 bits per heavy atom. The number of ether oxygens (including phenoxy) is 3. The Balaban J connectivity index is 1.76. The molecule has 2 aromatic rings. The number of amides is 1. The van der Waals surface area contributed by atoms with E-state index >= 15 is 0 Å². The second-order valence-corrected chi connectivity index (χ2v) is 10.7. The summed E-state index contributed by atoms with van der Waals surface area (Å²) in [5.74, 6) is -0.120. The molecule has 1 aliphatic rings. The summed E-state index contributed by atoms with van der Waals surface area (Å²) in [5, 5.41) is 3.99. The second-order valence-electron chi connectivity index (χ2n) is 10.7. The van der Waals surface area contributed by atoms with E-state index in [1.807, 2.05) is 46.8 Å². The molecule has 0 saturated carbocycles. The normalized spacial score (nSPS) is 17.8.